The van der Waals surface area contributed by atoms with Crippen molar-refractivity contribution in [2.24, 2.45) is 0 Å². The van der Waals surface area contributed by atoms with Gasteiger partial charge >= 0.3 is 0 Å². The molecule has 4 rings (SSSR count). The van der Waals surface area contributed by atoms with Gasteiger partial charge in [-0.05, 0) is 63.4 Å². The molecule has 8 nitrogen and oxygen atoms in total. The molecular formula is C20H29N7O. The third-order valence-corrected chi connectivity index (χ3v) is 5.38. The van der Waals surface area contributed by atoms with Gasteiger partial charge in [-0.3, -0.25) is 20.6 Å². The van der Waals surface area contributed by atoms with E-state index in [0.29, 0.717) is 23.4 Å². The van der Waals surface area contributed by atoms with Gasteiger partial charge in [-0.2, -0.15) is 10.1 Å². The molecule has 0 unspecified atom stereocenters. The van der Waals surface area contributed by atoms with Crippen LogP contribution in [0.1, 0.15) is 35.4 Å². The van der Waals surface area contributed by atoms with Crippen molar-refractivity contribution in [2.45, 2.75) is 32.6 Å². The van der Waals surface area contributed by atoms with Crippen molar-refractivity contribution in [3.05, 3.63) is 39.2 Å². The van der Waals surface area contributed by atoms with Gasteiger partial charge in [0, 0.05) is 20.1 Å². The number of aromatic nitrogens is 2. The minimum atomic E-state index is -0.184. The van der Waals surface area contributed by atoms with Gasteiger partial charge in [0.25, 0.3) is 5.56 Å². The Labute approximate surface area is 165 Å². The third kappa shape index (κ3) is 3.52. The SMILES string of the molecule is Cc1cc(C2CC2)cc(C)c1N1Nc2nc(N(C)CCN(C)C)[nH]c(=O)c2N1. The lowest BCUT2D eigenvalue weighted by atomic mass is 10.0. The largest absolute Gasteiger partial charge is 0.344 e. The predicted octanol–water partition coefficient (Wildman–Crippen LogP) is 2.44. The fourth-order valence-corrected chi connectivity index (χ4v) is 3.63. The van der Waals surface area contributed by atoms with Crippen LogP contribution in [-0.2, 0) is 0 Å². The average molecular weight is 384 g/mol. The highest BCUT2D eigenvalue weighted by atomic mass is 16.1. The lowest BCUT2D eigenvalue weighted by Crippen LogP contribution is -2.32. The first-order valence-electron chi connectivity index (χ1n) is 9.78. The zero-order valence-electron chi connectivity index (χ0n) is 17.3. The molecule has 2 heterocycles. The number of anilines is 4. The molecule has 0 bridgehead atoms. The van der Waals surface area contributed by atoms with Crippen molar-refractivity contribution < 1.29 is 0 Å². The smallest absolute Gasteiger partial charge is 0.279 e. The standard InChI is InChI=1S/C20H29N7O/c1-12-10-15(14-6-7-14)11-13(2)17(12)27-23-16-18(24-27)21-20(22-19(16)28)26(5)9-8-25(3)4/h10-11,14,23H,6-9H2,1-5H3,(H2,21,22,24,28). The maximum Gasteiger partial charge on any atom is 0.279 e. The molecule has 0 amide bonds. The van der Waals surface area contributed by atoms with Crippen molar-refractivity contribution in [1.29, 1.82) is 0 Å². The van der Waals surface area contributed by atoms with Crippen molar-refractivity contribution >= 4 is 23.1 Å². The van der Waals surface area contributed by atoms with Crippen LogP contribution < -0.4 is 26.4 Å². The van der Waals surface area contributed by atoms with Crippen LogP contribution in [0.4, 0.5) is 23.1 Å². The summed E-state index contributed by atoms with van der Waals surface area (Å²) >= 11 is 0. The summed E-state index contributed by atoms with van der Waals surface area (Å²) in [6.45, 7) is 5.87. The second-order valence-electron chi connectivity index (χ2n) is 8.17. The number of aromatic amines is 1. The number of benzene rings is 1. The number of rotatable bonds is 6. The molecule has 0 saturated heterocycles. The first kappa shape index (κ1) is 18.6. The molecule has 1 aromatic heterocycles. The molecule has 0 atom stereocenters. The van der Waals surface area contributed by atoms with Gasteiger partial charge < -0.3 is 9.80 Å². The molecule has 2 aromatic rings. The van der Waals surface area contributed by atoms with Gasteiger partial charge in [0.05, 0.1) is 5.69 Å². The Bertz CT molecular complexity index is 925. The quantitative estimate of drug-likeness (QED) is 0.707. The minimum absolute atomic E-state index is 0.184. The first-order chi connectivity index (χ1) is 13.3. The molecule has 1 saturated carbocycles. The van der Waals surface area contributed by atoms with Crippen LogP contribution >= 0.6 is 0 Å². The Balaban J connectivity index is 1.58. The van der Waals surface area contributed by atoms with Crippen LogP contribution in [0.15, 0.2) is 16.9 Å². The molecule has 3 N–H and O–H groups in total. The molecule has 1 fully saturated rings. The minimum Gasteiger partial charge on any atom is -0.344 e. The number of hydrazine groups is 2. The van der Waals surface area contributed by atoms with Crippen molar-refractivity contribution in [1.82, 2.24) is 14.9 Å². The Morgan fingerprint density at radius 3 is 2.39 bits per heavy atom. The van der Waals surface area contributed by atoms with E-state index in [0.717, 1.165) is 18.8 Å². The maximum absolute atomic E-state index is 12.6. The van der Waals surface area contributed by atoms with Gasteiger partial charge in [0.15, 0.2) is 11.5 Å². The molecule has 1 aliphatic carbocycles. The van der Waals surface area contributed by atoms with E-state index in [2.05, 4.69) is 51.7 Å². The van der Waals surface area contributed by atoms with Crippen LogP contribution in [-0.4, -0.2) is 49.1 Å². The second kappa shape index (κ2) is 7.01. The summed E-state index contributed by atoms with van der Waals surface area (Å²) in [6, 6.07) is 4.51. The summed E-state index contributed by atoms with van der Waals surface area (Å²) in [5, 5.41) is 1.80. The third-order valence-electron chi connectivity index (χ3n) is 5.38. The summed E-state index contributed by atoms with van der Waals surface area (Å²) in [6.07, 6.45) is 2.57. The summed E-state index contributed by atoms with van der Waals surface area (Å²) in [5.41, 5.74) is 11.5. The van der Waals surface area contributed by atoms with Crippen molar-refractivity contribution in [3.63, 3.8) is 0 Å². The number of hydrogen-bond donors (Lipinski definition) is 3. The predicted molar refractivity (Wildman–Crippen MR) is 114 cm³/mol. The summed E-state index contributed by atoms with van der Waals surface area (Å²) in [7, 11) is 5.98. The number of fused-ring (bicyclic) bond motifs is 1. The van der Waals surface area contributed by atoms with E-state index in [-0.39, 0.29) is 5.56 Å². The second-order valence-corrected chi connectivity index (χ2v) is 8.17. The molecule has 0 radical (unpaired) electrons. The van der Waals surface area contributed by atoms with E-state index in [9.17, 15) is 4.79 Å². The van der Waals surface area contributed by atoms with E-state index >= 15 is 0 Å². The van der Waals surface area contributed by atoms with Gasteiger partial charge in [-0.15, -0.1) is 0 Å². The molecule has 8 heteroatoms. The highest BCUT2D eigenvalue weighted by molar-refractivity contribution is 5.78. The van der Waals surface area contributed by atoms with Crippen LogP contribution in [0.2, 0.25) is 0 Å². The fourth-order valence-electron chi connectivity index (χ4n) is 3.63. The molecule has 1 aliphatic heterocycles. The van der Waals surface area contributed by atoms with Crippen LogP contribution in [0.3, 0.4) is 0 Å². The van der Waals surface area contributed by atoms with Gasteiger partial charge in [0.2, 0.25) is 5.95 Å². The zero-order chi connectivity index (χ0) is 20.0. The number of nitrogens with one attached hydrogen (secondary N) is 3. The topological polar surface area (TPSA) is 79.5 Å². The molecule has 150 valence electrons. The number of hydrogen-bond acceptors (Lipinski definition) is 7. The first-order valence-corrected chi connectivity index (χ1v) is 9.78. The molecule has 0 spiro atoms. The van der Waals surface area contributed by atoms with E-state index in [4.69, 9.17) is 0 Å². The molecular weight excluding hydrogens is 354 g/mol. The van der Waals surface area contributed by atoms with E-state index in [1.54, 1.807) is 5.12 Å². The van der Waals surface area contributed by atoms with E-state index in [1.165, 1.54) is 29.5 Å². The highest BCUT2D eigenvalue weighted by Gasteiger charge is 2.28. The normalized spacial score (nSPS) is 15.4. The Morgan fingerprint density at radius 1 is 1.11 bits per heavy atom. The fraction of sp³-hybridized carbons (Fsp3) is 0.500. The summed E-state index contributed by atoms with van der Waals surface area (Å²) in [5.74, 6) is 1.81. The number of likely N-dealkylation sites (N-methyl/N-ethyl adjacent to an activating group) is 2. The zero-order valence-corrected chi connectivity index (χ0v) is 17.3. The van der Waals surface area contributed by atoms with Crippen molar-refractivity contribution in [3.8, 4) is 0 Å². The van der Waals surface area contributed by atoms with Gasteiger partial charge in [-0.25, -0.2) is 0 Å². The number of H-pyrrole nitrogens is 1. The highest BCUT2D eigenvalue weighted by Crippen LogP contribution is 2.42. The van der Waals surface area contributed by atoms with Gasteiger partial charge in [-0.1, -0.05) is 12.1 Å². The maximum atomic E-state index is 12.6. The molecule has 1 aromatic carbocycles. The van der Waals surface area contributed by atoms with Gasteiger partial charge in [0.1, 0.15) is 0 Å². The lowest BCUT2D eigenvalue weighted by Gasteiger charge is -2.23. The monoisotopic (exact) mass is 383 g/mol. The number of nitrogens with zero attached hydrogens (tertiary/aromatic N) is 4. The molecule has 28 heavy (non-hydrogen) atoms. The Kier molecular flexibility index (Phi) is 4.66. The van der Waals surface area contributed by atoms with E-state index < -0.39 is 0 Å². The molecule has 2 aliphatic rings. The number of aryl methyl sites for hydroxylation is 2. The Hall–Kier alpha value is -2.74. The Morgan fingerprint density at radius 2 is 1.79 bits per heavy atom. The van der Waals surface area contributed by atoms with Crippen molar-refractivity contribution in [2.75, 3.05) is 55.1 Å². The van der Waals surface area contributed by atoms with Crippen LogP contribution in [0, 0.1) is 13.8 Å². The average Bonchev–Trinajstić information content (AvgIpc) is 3.39. The van der Waals surface area contributed by atoms with Crippen LogP contribution in [0.25, 0.3) is 0 Å². The van der Waals surface area contributed by atoms with E-state index in [1.807, 2.05) is 26.0 Å². The summed E-state index contributed by atoms with van der Waals surface area (Å²) < 4.78 is 0. The lowest BCUT2D eigenvalue weighted by molar-refractivity contribution is 0.415. The van der Waals surface area contributed by atoms with Crippen LogP contribution in [0.5, 0.6) is 0 Å². The summed E-state index contributed by atoms with van der Waals surface area (Å²) in [4.78, 5) is 24.2.